The number of amides is 1. The van der Waals surface area contributed by atoms with Crippen molar-refractivity contribution in [2.75, 3.05) is 11.4 Å². The summed E-state index contributed by atoms with van der Waals surface area (Å²) in [5.74, 6) is 1.94. The molecule has 0 atom stereocenters. The van der Waals surface area contributed by atoms with Crippen molar-refractivity contribution in [3.8, 4) is 0 Å². The molecule has 1 heterocycles. The Morgan fingerprint density at radius 1 is 1.24 bits per heavy atom. The van der Waals surface area contributed by atoms with E-state index in [9.17, 15) is 4.79 Å². The Morgan fingerprint density at radius 3 is 2.64 bits per heavy atom. The van der Waals surface area contributed by atoms with Crippen molar-refractivity contribution < 1.29 is 4.79 Å². The van der Waals surface area contributed by atoms with Crippen molar-refractivity contribution in [3.63, 3.8) is 0 Å². The van der Waals surface area contributed by atoms with Crippen LogP contribution in [0, 0.1) is 24.7 Å². The van der Waals surface area contributed by atoms with Gasteiger partial charge in [-0.25, -0.2) is 4.98 Å². The number of aryl methyl sites for hydroxylation is 1. The summed E-state index contributed by atoms with van der Waals surface area (Å²) < 4.78 is 1.07. The van der Waals surface area contributed by atoms with Gasteiger partial charge in [-0.05, 0) is 62.1 Å². The zero-order valence-electron chi connectivity index (χ0n) is 14.9. The normalized spacial score (nSPS) is 23.8. The molecule has 2 fully saturated rings. The Morgan fingerprint density at radius 2 is 1.96 bits per heavy atom. The summed E-state index contributed by atoms with van der Waals surface area (Å²) in [6, 6.07) is 3.91. The minimum atomic E-state index is 0.221. The molecule has 4 rings (SSSR count). The van der Waals surface area contributed by atoms with E-state index < -0.39 is 0 Å². The summed E-state index contributed by atoms with van der Waals surface area (Å²) in [7, 11) is 0. The smallest absolute Gasteiger partial charge is 0.231 e. The summed E-state index contributed by atoms with van der Waals surface area (Å²) >= 11 is 7.81. The Bertz CT molecular complexity index is 790. The molecule has 0 spiro atoms. The average molecular weight is 377 g/mol. The van der Waals surface area contributed by atoms with Gasteiger partial charge in [-0.3, -0.25) is 9.69 Å². The predicted octanol–water partition coefficient (Wildman–Crippen LogP) is 5.83. The quantitative estimate of drug-likeness (QED) is 0.672. The van der Waals surface area contributed by atoms with Crippen LogP contribution in [0.15, 0.2) is 12.1 Å². The van der Waals surface area contributed by atoms with Crippen LogP contribution in [0.5, 0.6) is 0 Å². The lowest BCUT2D eigenvalue weighted by Crippen LogP contribution is -2.37. The van der Waals surface area contributed by atoms with E-state index in [0.29, 0.717) is 5.92 Å². The molecule has 3 nitrogen and oxygen atoms in total. The predicted molar refractivity (Wildman–Crippen MR) is 106 cm³/mol. The van der Waals surface area contributed by atoms with Gasteiger partial charge < -0.3 is 0 Å². The SMILES string of the molecule is Cc1cc(Cl)cc2sc(N(CC3CCC(C)CC3)C(=O)C3CC3)nc12. The zero-order chi connectivity index (χ0) is 17.6. The van der Waals surface area contributed by atoms with E-state index in [-0.39, 0.29) is 11.8 Å². The molecule has 0 saturated heterocycles. The number of hydrogen-bond acceptors (Lipinski definition) is 3. The van der Waals surface area contributed by atoms with Gasteiger partial charge in [0, 0.05) is 17.5 Å². The number of carbonyl (C=O) groups is 1. The monoisotopic (exact) mass is 376 g/mol. The van der Waals surface area contributed by atoms with E-state index >= 15 is 0 Å². The molecule has 2 saturated carbocycles. The number of thiazole rings is 1. The molecule has 1 aromatic heterocycles. The minimum Gasteiger partial charge on any atom is -0.288 e. The zero-order valence-corrected chi connectivity index (χ0v) is 16.5. The third-order valence-electron chi connectivity index (χ3n) is 5.64. The van der Waals surface area contributed by atoms with Crippen LogP contribution in [-0.4, -0.2) is 17.4 Å². The summed E-state index contributed by atoms with van der Waals surface area (Å²) in [5.41, 5.74) is 2.06. The Balaban J connectivity index is 1.63. The van der Waals surface area contributed by atoms with Crippen LogP contribution in [0.25, 0.3) is 10.2 Å². The molecule has 134 valence electrons. The summed E-state index contributed by atoms with van der Waals surface area (Å²) in [6.07, 6.45) is 7.09. The molecule has 2 aromatic rings. The first kappa shape index (κ1) is 17.3. The second-order valence-corrected chi connectivity index (χ2v) is 9.36. The highest BCUT2D eigenvalue weighted by atomic mass is 35.5. The number of benzene rings is 1. The Kier molecular flexibility index (Phi) is 4.76. The number of fused-ring (bicyclic) bond motifs is 1. The maximum Gasteiger partial charge on any atom is 0.231 e. The second kappa shape index (κ2) is 6.88. The molecule has 0 unspecified atom stereocenters. The van der Waals surface area contributed by atoms with E-state index in [1.54, 1.807) is 11.3 Å². The number of rotatable bonds is 4. The largest absolute Gasteiger partial charge is 0.288 e. The van der Waals surface area contributed by atoms with Crippen LogP contribution < -0.4 is 4.90 Å². The van der Waals surface area contributed by atoms with Crippen molar-refractivity contribution in [3.05, 3.63) is 22.7 Å². The first-order chi connectivity index (χ1) is 12.0. The molecule has 25 heavy (non-hydrogen) atoms. The first-order valence-corrected chi connectivity index (χ1v) is 10.6. The number of halogens is 1. The van der Waals surface area contributed by atoms with Gasteiger partial charge in [0.1, 0.15) is 0 Å². The number of nitrogens with zero attached hydrogens (tertiary/aromatic N) is 2. The Hall–Kier alpha value is -1.13. The van der Waals surface area contributed by atoms with Crippen LogP contribution in [0.4, 0.5) is 5.13 Å². The number of carbonyl (C=O) groups excluding carboxylic acids is 1. The molecular weight excluding hydrogens is 352 g/mol. The van der Waals surface area contributed by atoms with Gasteiger partial charge in [-0.1, -0.05) is 42.7 Å². The molecule has 0 aliphatic heterocycles. The van der Waals surface area contributed by atoms with Crippen molar-refractivity contribution >= 4 is 44.2 Å². The molecule has 1 aromatic carbocycles. The molecule has 2 aliphatic carbocycles. The van der Waals surface area contributed by atoms with Crippen molar-refractivity contribution in [2.45, 2.75) is 52.4 Å². The number of aromatic nitrogens is 1. The highest BCUT2D eigenvalue weighted by molar-refractivity contribution is 7.22. The molecule has 0 N–H and O–H groups in total. The van der Waals surface area contributed by atoms with Crippen molar-refractivity contribution in [1.29, 1.82) is 0 Å². The van der Waals surface area contributed by atoms with Gasteiger partial charge in [-0.15, -0.1) is 0 Å². The first-order valence-electron chi connectivity index (χ1n) is 9.39. The van der Waals surface area contributed by atoms with Crippen LogP contribution in [0.2, 0.25) is 5.02 Å². The molecular formula is C20H25ClN2OS. The van der Waals surface area contributed by atoms with Gasteiger partial charge in [0.15, 0.2) is 5.13 Å². The number of hydrogen-bond donors (Lipinski definition) is 0. The standard InChI is InChI=1S/C20H25ClN2OS/c1-12-3-5-14(6-4-12)11-23(19(24)15-7-8-15)20-22-18-13(2)9-16(21)10-17(18)25-20/h9-10,12,14-15H,3-8,11H2,1-2H3. The van der Waals surface area contributed by atoms with Crippen LogP contribution in [0.1, 0.15) is 51.0 Å². The fraction of sp³-hybridized carbons (Fsp3) is 0.600. The average Bonchev–Trinajstić information content (AvgIpc) is 3.34. The van der Waals surface area contributed by atoms with Crippen LogP contribution in [0.3, 0.4) is 0 Å². The molecule has 0 bridgehead atoms. The van der Waals surface area contributed by atoms with Gasteiger partial charge in [-0.2, -0.15) is 0 Å². The van der Waals surface area contributed by atoms with Gasteiger partial charge in [0.25, 0.3) is 0 Å². The van der Waals surface area contributed by atoms with Crippen LogP contribution >= 0.6 is 22.9 Å². The third kappa shape index (κ3) is 3.70. The highest BCUT2D eigenvalue weighted by Crippen LogP contribution is 2.39. The Labute approximate surface area is 158 Å². The van der Waals surface area contributed by atoms with Crippen molar-refractivity contribution in [1.82, 2.24) is 4.98 Å². The van der Waals surface area contributed by atoms with E-state index in [1.165, 1.54) is 25.7 Å². The third-order valence-corrected chi connectivity index (χ3v) is 6.88. The van der Waals surface area contributed by atoms with E-state index in [1.807, 2.05) is 24.0 Å². The van der Waals surface area contributed by atoms with Gasteiger partial charge in [0.2, 0.25) is 5.91 Å². The molecule has 5 heteroatoms. The highest BCUT2D eigenvalue weighted by Gasteiger charge is 2.36. The van der Waals surface area contributed by atoms with Crippen molar-refractivity contribution in [2.24, 2.45) is 17.8 Å². The van der Waals surface area contributed by atoms with E-state index in [4.69, 9.17) is 16.6 Å². The summed E-state index contributed by atoms with van der Waals surface area (Å²) in [6.45, 7) is 5.20. The topological polar surface area (TPSA) is 33.2 Å². The molecule has 1 amide bonds. The van der Waals surface area contributed by atoms with Gasteiger partial charge in [0.05, 0.1) is 10.2 Å². The lowest BCUT2D eigenvalue weighted by molar-refractivity contribution is -0.120. The maximum atomic E-state index is 12.9. The fourth-order valence-corrected chi connectivity index (χ4v) is 5.28. The van der Waals surface area contributed by atoms with E-state index in [0.717, 1.165) is 51.2 Å². The maximum absolute atomic E-state index is 12.9. The lowest BCUT2D eigenvalue weighted by Gasteiger charge is -2.30. The van der Waals surface area contributed by atoms with E-state index in [2.05, 4.69) is 6.92 Å². The number of anilines is 1. The second-order valence-electron chi connectivity index (χ2n) is 7.91. The molecule has 2 aliphatic rings. The van der Waals surface area contributed by atoms with Crippen LogP contribution in [-0.2, 0) is 4.79 Å². The minimum absolute atomic E-state index is 0.221. The van der Waals surface area contributed by atoms with Gasteiger partial charge >= 0.3 is 0 Å². The lowest BCUT2D eigenvalue weighted by atomic mass is 9.83. The molecule has 0 radical (unpaired) electrons. The summed E-state index contributed by atoms with van der Waals surface area (Å²) in [5, 5.41) is 1.59. The fourth-order valence-electron chi connectivity index (χ4n) is 3.84. The summed E-state index contributed by atoms with van der Waals surface area (Å²) in [4.78, 5) is 19.8.